The molecule has 1 aliphatic heterocycles. The number of carbonyl (C=O) groups excluding carboxylic acids is 2. The van der Waals surface area contributed by atoms with Gasteiger partial charge >= 0.3 is 0 Å². The number of hydrogen-bond acceptors (Lipinski definition) is 3. The van der Waals surface area contributed by atoms with Gasteiger partial charge in [0.15, 0.2) is 0 Å². The molecule has 1 aromatic rings. The first-order valence-electron chi connectivity index (χ1n) is 5.43. The summed E-state index contributed by atoms with van der Waals surface area (Å²) in [6.45, 7) is 2.74. The number of carbonyl (C=O) groups is 2. The Labute approximate surface area is 104 Å². The van der Waals surface area contributed by atoms with Crippen molar-refractivity contribution in [3.8, 4) is 0 Å². The molecule has 0 aliphatic carbocycles. The second-order valence-corrected chi connectivity index (χ2v) is 4.40. The number of Topliss-reactive ketones (excluding diaryl/α,β-unsaturated/α-hetero) is 1. The molecule has 0 saturated heterocycles. The van der Waals surface area contributed by atoms with Crippen LogP contribution in [0.15, 0.2) is 12.1 Å². The van der Waals surface area contributed by atoms with Gasteiger partial charge in [-0.1, -0.05) is 11.6 Å². The second-order valence-electron chi connectivity index (χ2n) is 4.00. The minimum atomic E-state index is -0.487. The summed E-state index contributed by atoms with van der Waals surface area (Å²) in [7, 11) is 0. The highest BCUT2D eigenvalue weighted by molar-refractivity contribution is 6.52. The first kappa shape index (κ1) is 12.1. The van der Waals surface area contributed by atoms with Crippen molar-refractivity contribution in [2.24, 2.45) is 5.73 Å². The lowest BCUT2D eigenvalue weighted by Crippen LogP contribution is -2.32. The molecule has 0 fully saturated rings. The van der Waals surface area contributed by atoms with E-state index in [4.69, 9.17) is 17.3 Å². The standard InChI is InChI=1S/C12H13ClN2O2/c1-7-9(13)4-3-8-10(7)15(6-2-5-14)12(17)11(8)16/h3-4H,2,5-6,14H2,1H3. The number of nitrogens with two attached hydrogens (primary N) is 1. The SMILES string of the molecule is Cc1c(Cl)ccc2c1N(CCCN)C(=O)C2=O. The summed E-state index contributed by atoms with van der Waals surface area (Å²) in [5, 5.41) is 0.559. The third-order valence-electron chi connectivity index (χ3n) is 2.90. The van der Waals surface area contributed by atoms with Gasteiger partial charge in [-0.3, -0.25) is 9.59 Å². The topological polar surface area (TPSA) is 63.4 Å². The number of amides is 1. The van der Waals surface area contributed by atoms with Crippen molar-refractivity contribution in [3.63, 3.8) is 0 Å². The average molecular weight is 253 g/mol. The number of rotatable bonds is 3. The number of hydrogen-bond donors (Lipinski definition) is 1. The lowest BCUT2D eigenvalue weighted by molar-refractivity contribution is -0.114. The third kappa shape index (κ3) is 1.83. The highest BCUT2D eigenvalue weighted by atomic mass is 35.5. The lowest BCUT2D eigenvalue weighted by atomic mass is 10.1. The number of halogens is 1. The van der Waals surface area contributed by atoms with Crippen LogP contribution < -0.4 is 10.6 Å². The quantitative estimate of drug-likeness (QED) is 0.830. The molecule has 0 radical (unpaired) electrons. The van der Waals surface area contributed by atoms with Crippen LogP contribution in [0, 0.1) is 6.92 Å². The molecule has 0 saturated carbocycles. The Morgan fingerprint density at radius 1 is 1.35 bits per heavy atom. The van der Waals surface area contributed by atoms with Gasteiger partial charge in [0.1, 0.15) is 0 Å². The molecule has 4 nitrogen and oxygen atoms in total. The largest absolute Gasteiger partial charge is 0.330 e. The van der Waals surface area contributed by atoms with Crippen LogP contribution in [0.25, 0.3) is 0 Å². The van der Waals surface area contributed by atoms with Gasteiger partial charge < -0.3 is 10.6 Å². The maximum atomic E-state index is 11.8. The molecule has 2 rings (SSSR count). The van der Waals surface area contributed by atoms with E-state index in [1.165, 1.54) is 4.90 Å². The molecule has 0 spiro atoms. The lowest BCUT2D eigenvalue weighted by Gasteiger charge is -2.18. The Morgan fingerprint density at radius 2 is 2.06 bits per heavy atom. The molecule has 1 amide bonds. The molecule has 2 N–H and O–H groups in total. The minimum Gasteiger partial charge on any atom is -0.330 e. The number of nitrogens with zero attached hydrogens (tertiary/aromatic N) is 1. The summed E-state index contributed by atoms with van der Waals surface area (Å²) in [6, 6.07) is 3.25. The molecule has 0 bridgehead atoms. The molecule has 17 heavy (non-hydrogen) atoms. The molecule has 0 unspecified atom stereocenters. The van der Waals surface area contributed by atoms with Crippen molar-refractivity contribution in [2.45, 2.75) is 13.3 Å². The summed E-state index contributed by atoms with van der Waals surface area (Å²) < 4.78 is 0. The highest BCUT2D eigenvalue weighted by Gasteiger charge is 2.36. The summed E-state index contributed by atoms with van der Waals surface area (Å²) in [5.74, 6) is -0.949. The van der Waals surface area contributed by atoms with E-state index in [1.54, 1.807) is 12.1 Å². The molecule has 90 valence electrons. The van der Waals surface area contributed by atoms with Crippen LogP contribution in [0.1, 0.15) is 22.3 Å². The van der Waals surface area contributed by atoms with E-state index in [1.807, 2.05) is 6.92 Å². The van der Waals surface area contributed by atoms with E-state index in [9.17, 15) is 9.59 Å². The van der Waals surface area contributed by atoms with Gasteiger partial charge in [0, 0.05) is 11.6 Å². The van der Waals surface area contributed by atoms with E-state index < -0.39 is 11.7 Å². The molecule has 1 aromatic carbocycles. The molecule has 1 aliphatic rings. The Hall–Kier alpha value is -1.39. The Kier molecular flexibility index (Phi) is 3.17. The predicted molar refractivity (Wildman–Crippen MR) is 66.5 cm³/mol. The van der Waals surface area contributed by atoms with Crippen molar-refractivity contribution in [3.05, 3.63) is 28.3 Å². The van der Waals surface area contributed by atoms with Crippen LogP contribution in [0.2, 0.25) is 5.02 Å². The first-order valence-corrected chi connectivity index (χ1v) is 5.81. The van der Waals surface area contributed by atoms with Gasteiger partial charge in [0.25, 0.3) is 11.7 Å². The molecular weight excluding hydrogens is 240 g/mol. The minimum absolute atomic E-state index is 0.439. The molecule has 1 heterocycles. The zero-order chi connectivity index (χ0) is 12.6. The van der Waals surface area contributed by atoms with Crippen LogP contribution in [-0.2, 0) is 4.79 Å². The Balaban J connectivity index is 2.50. The van der Waals surface area contributed by atoms with Crippen LogP contribution >= 0.6 is 11.6 Å². The van der Waals surface area contributed by atoms with Crippen molar-refractivity contribution < 1.29 is 9.59 Å². The summed E-state index contributed by atoms with van der Waals surface area (Å²) in [5.41, 5.74) is 7.27. The molecule has 0 aromatic heterocycles. The van der Waals surface area contributed by atoms with E-state index in [0.29, 0.717) is 35.8 Å². The monoisotopic (exact) mass is 252 g/mol. The maximum Gasteiger partial charge on any atom is 0.299 e. The normalized spacial score (nSPS) is 14.4. The molecule has 0 atom stereocenters. The zero-order valence-electron chi connectivity index (χ0n) is 9.50. The average Bonchev–Trinajstić information content (AvgIpc) is 2.56. The number of anilines is 1. The van der Waals surface area contributed by atoms with Gasteiger partial charge in [-0.2, -0.15) is 0 Å². The Bertz CT molecular complexity index is 500. The van der Waals surface area contributed by atoms with Crippen molar-refractivity contribution in [2.75, 3.05) is 18.0 Å². The van der Waals surface area contributed by atoms with Gasteiger partial charge in [0.2, 0.25) is 0 Å². The van der Waals surface area contributed by atoms with E-state index >= 15 is 0 Å². The van der Waals surface area contributed by atoms with Crippen LogP contribution in [0.5, 0.6) is 0 Å². The summed E-state index contributed by atoms with van der Waals surface area (Å²) in [6.07, 6.45) is 0.657. The van der Waals surface area contributed by atoms with Gasteiger partial charge in [0.05, 0.1) is 11.3 Å². The van der Waals surface area contributed by atoms with E-state index in [-0.39, 0.29) is 0 Å². The predicted octanol–water partition coefficient (Wildman–Crippen LogP) is 1.53. The second kappa shape index (κ2) is 4.47. The van der Waals surface area contributed by atoms with E-state index in [0.717, 1.165) is 5.56 Å². The van der Waals surface area contributed by atoms with Crippen molar-refractivity contribution in [1.82, 2.24) is 0 Å². The van der Waals surface area contributed by atoms with Crippen LogP contribution in [0.4, 0.5) is 5.69 Å². The summed E-state index contributed by atoms with van der Waals surface area (Å²) in [4.78, 5) is 25.1. The van der Waals surface area contributed by atoms with Crippen LogP contribution in [-0.4, -0.2) is 24.8 Å². The molecule has 5 heteroatoms. The van der Waals surface area contributed by atoms with Gasteiger partial charge in [-0.25, -0.2) is 0 Å². The Morgan fingerprint density at radius 3 is 2.71 bits per heavy atom. The highest BCUT2D eigenvalue weighted by Crippen LogP contribution is 2.35. The zero-order valence-corrected chi connectivity index (χ0v) is 10.3. The fourth-order valence-corrected chi connectivity index (χ4v) is 2.16. The smallest absolute Gasteiger partial charge is 0.299 e. The number of ketones is 1. The number of benzene rings is 1. The fraction of sp³-hybridized carbons (Fsp3) is 0.333. The molecular formula is C12H13ClN2O2. The number of fused-ring (bicyclic) bond motifs is 1. The van der Waals surface area contributed by atoms with E-state index in [2.05, 4.69) is 0 Å². The van der Waals surface area contributed by atoms with Gasteiger partial charge in [-0.15, -0.1) is 0 Å². The first-order chi connectivity index (χ1) is 8.07. The fourth-order valence-electron chi connectivity index (χ4n) is 2.01. The maximum absolute atomic E-state index is 11.8. The van der Waals surface area contributed by atoms with Gasteiger partial charge in [-0.05, 0) is 37.6 Å². The van der Waals surface area contributed by atoms with Crippen LogP contribution in [0.3, 0.4) is 0 Å². The third-order valence-corrected chi connectivity index (χ3v) is 3.31. The van der Waals surface area contributed by atoms with Crippen molar-refractivity contribution >= 4 is 29.0 Å². The summed E-state index contributed by atoms with van der Waals surface area (Å²) >= 11 is 6.01. The van der Waals surface area contributed by atoms with Crippen molar-refractivity contribution in [1.29, 1.82) is 0 Å².